The Morgan fingerprint density at radius 3 is 2.29 bits per heavy atom. The second-order valence-corrected chi connectivity index (χ2v) is 7.09. The van der Waals surface area contributed by atoms with E-state index in [-0.39, 0.29) is 4.90 Å². The van der Waals surface area contributed by atoms with Crippen LogP contribution in [0.4, 0.5) is 0 Å². The van der Waals surface area contributed by atoms with E-state index in [1.165, 1.54) is 11.1 Å². The Labute approximate surface area is 125 Å². The normalized spacial score (nSPS) is 15.1. The van der Waals surface area contributed by atoms with Crippen LogP contribution in [0.2, 0.25) is 0 Å². The van der Waals surface area contributed by atoms with Crippen molar-refractivity contribution in [3.8, 4) is 0 Å². The monoisotopic (exact) mass is 302 g/mol. The van der Waals surface area contributed by atoms with Crippen molar-refractivity contribution in [2.75, 3.05) is 0 Å². The number of sulfonamides is 1. The summed E-state index contributed by atoms with van der Waals surface area (Å²) >= 11 is 0. The molecule has 2 N–H and O–H groups in total. The van der Waals surface area contributed by atoms with Crippen LogP contribution in [0, 0.1) is 6.92 Å². The molecule has 1 aliphatic heterocycles. The first-order valence-electron chi connectivity index (χ1n) is 6.85. The fraction of sp³-hybridized carbons (Fsp3) is 0.250. The van der Waals surface area contributed by atoms with E-state index in [0.717, 1.165) is 25.2 Å². The van der Waals surface area contributed by atoms with E-state index >= 15 is 0 Å². The van der Waals surface area contributed by atoms with Crippen molar-refractivity contribution in [2.45, 2.75) is 31.5 Å². The fourth-order valence-electron chi connectivity index (χ4n) is 2.82. The number of rotatable bonds is 3. The average Bonchev–Trinajstić information content (AvgIpc) is 2.82. The third-order valence-electron chi connectivity index (χ3n) is 3.87. The molecule has 0 atom stereocenters. The van der Waals surface area contributed by atoms with Gasteiger partial charge in [0.05, 0.1) is 4.90 Å². The third kappa shape index (κ3) is 3.00. The molecule has 0 fully saturated rings. The van der Waals surface area contributed by atoms with Gasteiger partial charge in [-0.15, -0.1) is 0 Å². The molecule has 0 bridgehead atoms. The molecule has 1 aliphatic rings. The minimum atomic E-state index is -3.66. The van der Waals surface area contributed by atoms with Gasteiger partial charge >= 0.3 is 0 Å². The topological polar surface area (TPSA) is 63.4 Å². The smallest absolute Gasteiger partial charge is 0.238 e. The van der Waals surface area contributed by atoms with Crippen molar-refractivity contribution in [2.24, 2.45) is 5.14 Å². The highest BCUT2D eigenvalue weighted by Gasteiger charge is 2.19. The number of nitrogens with two attached hydrogens (primary N) is 1. The van der Waals surface area contributed by atoms with Gasteiger partial charge in [0, 0.05) is 19.6 Å². The first-order chi connectivity index (χ1) is 9.93. The maximum absolute atomic E-state index is 11.6. The average molecular weight is 302 g/mol. The van der Waals surface area contributed by atoms with E-state index in [9.17, 15) is 8.42 Å². The summed E-state index contributed by atoms with van der Waals surface area (Å²) in [6, 6.07) is 13.8. The van der Waals surface area contributed by atoms with Crippen LogP contribution >= 0.6 is 0 Å². The van der Waals surface area contributed by atoms with E-state index in [1.807, 2.05) is 24.3 Å². The van der Waals surface area contributed by atoms with E-state index in [0.29, 0.717) is 5.56 Å². The predicted octanol–water partition coefficient (Wildman–Crippen LogP) is 2.16. The molecule has 110 valence electrons. The lowest BCUT2D eigenvalue weighted by Crippen LogP contribution is -2.17. The lowest BCUT2D eigenvalue weighted by atomic mass is 10.1. The van der Waals surface area contributed by atoms with Crippen LogP contribution in [-0.4, -0.2) is 13.3 Å². The van der Waals surface area contributed by atoms with Gasteiger partial charge in [0.1, 0.15) is 0 Å². The first kappa shape index (κ1) is 14.3. The number of hydrogen-bond acceptors (Lipinski definition) is 3. The molecule has 4 nitrogen and oxygen atoms in total. The molecule has 0 saturated heterocycles. The minimum Gasteiger partial charge on any atom is -0.291 e. The largest absolute Gasteiger partial charge is 0.291 e. The molecule has 2 aromatic rings. The molecule has 0 aliphatic carbocycles. The number of primary sulfonamides is 1. The molecule has 0 spiro atoms. The van der Waals surface area contributed by atoms with Gasteiger partial charge in [0.25, 0.3) is 0 Å². The van der Waals surface area contributed by atoms with Crippen molar-refractivity contribution in [1.82, 2.24) is 4.90 Å². The SMILES string of the molecule is Cc1ccc(CN2Cc3ccccc3C2)cc1S(N)(=O)=O. The van der Waals surface area contributed by atoms with E-state index in [2.05, 4.69) is 17.0 Å². The Morgan fingerprint density at radius 1 is 1.10 bits per heavy atom. The van der Waals surface area contributed by atoms with E-state index in [1.54, 1.807) is 13.0 Å². The third-order valence-corrected chi connectivity index (χ3v) is 4.92. The predicted molar refractivity (Wildman–Crippen MR) is 81.9 cm³/mol. The fourth-order valence-corrected chi connectivity index (χ4v) is 3.66. The molecule has 0 amide bonds. The van der Waals surface area contributed by atoms with Gasteiger partial charge in [-0.1, -0.05) is 36.4 Å². The van der Waals surface area contributed by atoms with Gasteiger partial charge < -0.3 is 0 Å². The Bertz CT molecular complexity index is 760. The lowest BCUT2D eigenvalue weighted by Gasteiger charge is -2.16. The van der Waals surface area contributed by atoms with Gasteiger partial charge in [0.2, 0.25) is 10.0 Å². The van der Waals surface area contributed by atoms with Gasteiger partial charge in [0.15, 0.2) is 0 Å². The van der Waals surface area contributed by atoms with Crippen molar-refractivity contribution in [3.63, 3.8) is 0 Å². The summed E-state index contributed by atoms with van der Waals surface area (Å²) in [7, 11) is -3.66. The highest BCUT2D eigenvalue weighted by atomic mass is 32.2. The van der Waals surface area contributed by atoms with Crippen LogP contribution in [0.1, 0.15) is 22.3 Å². The van der Waals surface area contributed by atoms with Crippen molar-refractivity contribution >= 4 is 10.0 Å². The highest BCUT2D eigenvalue weighted by molar-refractivity contribution is 7.89. The number of aryl methyl sites for hydroxylation is 1. The molecule has 3 rings (SSSR count). The van der Waals surface area contributed by atoms with Gasteiger partial charge in [-0.05, 0) is 35.2 Å². The number of benzene rings is 2. The van der Waals surface area contributed by atoms with Gasteiger partial charge in [-0.25, -0.2) is 13.6 Å². The molecular weight excluding hydrogens is 284 g/mol. The lowest BCUT2D eigenvalue weighted by molar-refractivity contribution is 0.275. The maximum atomic E-state index is 11.6. The van der Waals surface area contributed by atoms with Crippen molar-refractivity contribution < 1.29 is 8.42 Å². The van der Waals surface area contributed by atoms with Crippen LogP contribution in [-0.2, 0) is 29.7 Å². The molecule has 2 aromatic carbocycles. The Balaban J connectivity index is 1.81. The van der Waals surface area contributed by atoms with Gasteiger partial charge in [-0.3, -0.25) is 4.90 Å². The summed E-state index contributed by atoms with van der Waals surface area (Å²) in [6.45, 7) is 4.27. The highest BCUT2D eigenvalue weighted by Crippen LogP contribution is 2.25. The standard InChI is InChI=1S/C16H18N2O2S/c1-12-6-7-13(8-16(12)21(17,19)20)9-18-10-14-4-2-3-5-15(14)11-18/h2-8H,9-11H2,1H3,(H2,17,19,20). The number of fused-ring (bicyclic) bond motifs is 1. The quantitative estimate of drug-likeness (QED) is 0.945. The summed E-state index contributed by atoms with van der Waals surface area (Å²) in [5.74, 6) is 0. The van der Waals surface area contributed by atoms with E-state index < -0.39 is 10.0 Å². The van der Waals surface area contributed by atoms with Crippen LogP contribution in [0.3, 0.4) is 0 Å². The minimum absolute atomic E-state index is 0.219. The molecule has 0 unspecified atom stereocenters. The number of hydrogen-bond donors (Lipinski definition) is 1. The van der Waals surface area contributed by atoms with Crippen LogP contribution in [0.15, 0.2) is 47.4 Å². The van der Waals surface area contributed by atoms with Crippen molar-refractivity contribution in [1.29, 1.82) is 0 Å². The van der Waals surface area contributed by atoms with Crippen LogP contribution in [0.25, 0.3) is 0 Å². The Hall–Kier alpha value is -1.69. The zero-order chi connectivity index (χ0) is 15.0. The molecule has 5 heteroatoms. The maximum Gasteiger partial charge on any atom is 0.238 e. The summed E-state index contributed by atoms with van der Waals surface area (Å²) in [6.07, 6.45) is 0. The van der Waals surface area contributed by atoms with E-state index in [4.69, 9.17) is 5.14 Å². The Kier molecular flexibility index (Phi) is 3.57. The molecule has 0 aromatic heterocycles. The molecule has 1 heterocycles. The van der Waals surface area contributed by atoms with Crippen LogP contribution in [0.5, 0.6) is 0 Å². The molecule has 21 heavy (non-hydrogen) atoms. The summed E-state index contributed by atoms with van der Waals surface area (Å²) in [4.78, 5) is 2.51. The summed E-state index contributed by atoms with van der Waals surface area (Å²) in [5, 5.41) is 5.26. The zero-order valence-electron chi connectivity index (χ0n) is 11.9. The molecule has 0 radical (unpaired) electrons. The van der Waals surface area contributed by atoms with Crippen LogP contribution < -0.4 is 5.14 Å². The van der Waals surface area contributed by atoms with Gasteiger partial charge in [-0.2, -0.15) is 0 Å². The zero-order valence-corrected chi connectivity index (χ0v) is 12.7. The summed E-state index contributed by atoms with van der Waals surface area (Å²) in [5.41, 5.74) is 4.34. The van der Waals surface area contributed by atoms with Crippen molar-refractivity contribution in [3.05, 3.63) is 64.7 Å². The molecular formula is C16H18N2O2S. The first-order valence-corrected chi connectivity index (χ1v) is 8.39. The second kappa shape index (κ2) is 5.26. The molecule has 0 saturated carbocycles. The number of nitrogens with zero attached hydrogens (tertiary/aromatic N) is 1. The second-order valence-electron chi connectivity index (χ2n) is 5.56. The Morgan fingerprint density at radius 2 is 1.71 bits per heavy atom. The summed E-state index contributed by atoms with van der Waals surface area (Å²) < 4.78 is 23.2.